The van der Waals surface area contributed by atoms with Crippen LogP contribution in [0.1, 0.15) is 55.5 Å². The number of hydrogen-bond donors (Lipinski definition) is 3. The van der Waals surface area contributed by atoms with E-state index in [9.17, 15) is 9.59 Å². The molecule has 0 unspecified atom stereocenters. The lowest BCUT2D eigenvalue weighted by Gasteiger charge is -2.31. The van der Waals surface area contributed by atoms with Crippen LogP contribution in [0.5, 0.6) is 0 Å². The highest BCUT2D eigenvalue weighted by atomic mass is 16.2. The highest BCUT2D eigenvalue weighted by Crippen LogP contribution is 2.27. The summed E-state index contributed by atoms with van der Waals surface area (Å²) in [6.07, 6.45) is 4.35. The Labute approximate surface area is 179 Å². The number of nitrogens with zero attached hydrogens (tertiary/aromatic N) is 1. The number of carbonyl (C=O) groups excluding carboxylic acids is 2. The van der Waals surface area contributed by atoms with Crippen molar-refractivity contribution >= 4 is 29.0 Å². The molecule has 0 saturated carbocycles. The zero-order chi connectivity index (χ0) is 21.5. The minimum atomic E-state index is -0.330. The van der Waals surface area contributed by atoms with Crippen LogP contribution in [0.2, 0.25) is 0 Å². The maximum atomic E-state index is 13.0. The summed E-state index contributed by atoms with van der Waals surface area (Å²) in [4.78, 5) is 27.7. The van der Waals surface area contributed by atoms with E-state index in [1.54, 1.807) is 6.07 Å². The molecular weight excluding hydrogens is 376 g/mol. The van der Waals surface area contributed by atoms with E-state index < -0.39 is 0 Å². The number of anilines is 3. The smallest absolute Gasteiger partial charge is 0.323 e. The number of rotatable bonds is 6. The van der Waals surface area contributed by atoms with Crippen molar-refractivity contribution in [1.29, 1.82) is 0 Å². The van der Waals surface area contributed by atoms with E-state index in [4.69, 9.17) is 0 Å². The second-order valence-corrected chi connectivity index (χ2v) is 7.96. The predicted molar refractivity (Wildman–Crippen MR) is 124 cm³/mol. The largest absolute Gasteiger partial charge is 0.371 e. The molecule has 30 heavy (non-hydrogen) atoms. The second kappa shape index (κ2) is 10.1. The number of benzene rings is 2. The van der Waals surface area contributed by atoms with Gasteiger partial charge in [0.05, 0.1) is 5.56 Å². The number of urea groups is 1. The molecule has 0 spiro atoms. The van der Waals surface area contributed by atoms with Crippen LogP contribution in [0.25, 0.3) is 0 Å². The Bertz CT molecular complexity index is 891. The average Bonchev–Trinajstić information content (AvgIpc) is 2.75. The molecule has 3 N–H and O–H groups in total. The molecule has 0 aromatic heterocycles. The Morgan fingerprint density at radius 2 is 1.77 bits per heavy atom. The van der Waals surface area contributed by atoms with Crippen LogP contribution in [0.3, 0.4) is 0 Å². The molecule has 1 aliphatic heterocycles. The van der Waals surface area contributed by atoms with Gasteiger partial charge in [0, 0.05) is 36.2 Å². The van der Waals surface area contributed by atoms with Gasteiger partial charge in [0.15, 0.2) is 0 Å². The number of nitrogens with one attached hydrogen (secondary N) is 3. The first kappa shape index (κ1) is 21.7. The molecule has 1 atom stereocenters. The number of para-hydroxylation sites is 1. The summed E-state index contributed by atoms with van der Waals surface area (Å²) in [7, 11) is 0. The summed E-state index contributed by atoms with van der Waals surface area (Å²) in [6.45, 7) is 7.88. The van der Waals surface area contributed by atoms with Gasteiger partial charge < -0.3 is 20.9 Å². The molecule has 2 aromatic carbocycles. The molecule has 0 aliphatic carbocycles. The summed E-state index contributed by atoms with van der Waals surface area (Å²) in [5.41, 5.74) is 3.87. The molecule has 1 saturated heterocycles. The van der Waals surface area contributed by atoms with Crippen LogP contribution < -0.4 is 20.9 Å². The predicted octanol–water partition coefficient (Wildman–Crippen LogP) is 5.16. The van der Waals surface area contributed by atoms with Gasteiger partial charge in [-0.05, 0) is 69.4 Å². The molecule has 0 bridgehead atoms. The molecule has 6 nitrogen and oxygen atoms in total. The third-order valence-electron chi connectivity index (χ3n) is 5.58. The number of piperidine rings is 1. The maximum absolute atomic E-state index is 13.0. The van der Waals surface area contributed by atoms with Gasteiger partial charge in [-0.25, -0.2) is 4.79 Å². The highest BCUT2D eigenvalue weighted by Gasteiger charge is 2.20. The Balaban J connectivity index is 1.81. The molecule has 160 valence electrons. The SMILES string of the molecule is CC[C@H](C)NC(=O)c1cc(NC(=O)Nc2ccccc2C)ccc1N1CCCCC1. The molecule has 6 heteroatoms. The van der Waals surface area contributed by atoms with Gasteiger partial charge in [0.2, 0.25) is 0 Å². The molecular formula is C24H32N4O2. The molecule has 1 aliphatic rings. The highest BCUT2D eigenvalue weighted by molar-refractivity contribution is 6.04. The molecule has 2 aromatic rings. The minimum Gasteiger partial charge on any atom is -0.371 e. The standard InChI is InChI=1S/C24H32N4O2/c1-4-18(3)25-23(29)20-16-19(12-13-22(20)28-14-8-5-9-15-28)26-24(30)27-21-11-7-6-10-17(21)2/h6-7,10-13,16,18H,4-5,8-9,14-15H2,1-3H3,(H,25,29)(H2,26,27,30)/t18-/m0/s1. The molecule has 1 heterocycles. The quantitative estimate of drug-likeness (QED) is 0.618. The van der Waals surface area contributed by atoms with Crippen LogP contribution in [0.4, 0.5) is 21.9 Å². The molecule has 0 radical (unpaired) electrons. The second-order valence-electron chi connectivity index (χ2n) is 7.96. The van der Waals surface area contributed by atoms with E-state index in [1.165, 1.54) is 6.42 Å². The van der Waals surface area contributed by atoms with Gasteiger partial charge in [0.25, 0.3) is 5.91 Å². The third kappa shape index (κ3) is 5.53. The number of amides is 3. The van der Waals surface area contributed by atoms with Crippen LogP contribution in [0, 0.1) is 6.92 Å². The van der Waals surface area contributed by atoms with Crippen LogP contribution >= 0.6 is 0 Å². The van der Waals surface area contributed by atoms with Gasteiger partial charge in [0.1, 0.15) is 0 Å². The van der Waals surface area contributed by atoms with Crippen molar-refractivity contribution < 1.29 is 9.59 Å². The van der Waals surface area contributed by atoms with Crippen molar-refractivity contribution in [1.82, 2.24) is 5.32 Å². The van der Waals surface area contributed by atoms with Crippen LogP contribution in [0.15, 0.2) is 42.5 Å². The minimum absolute atomic E-state index is 0.0904. The summed E-state index contributed by atoms with van der Waals surface area (Å²) in [5.74, 6) is -0.104. The van der Waals surface area contributed by atoms with Crippen molar-refractivity contribution in [2.24, 2.45) is 0 Å². The molecule has 1 fully saturated rings. The Morgan fingerprint density at radius 1 is 1.03 bits per heavy atom. The van der Waals surface area contributed by atoms with Gasteiger partial charge in [-0.15, -0.1) is 0 Å². The van der Waals surface area contributed by atoms with Crippen LogP contribution in [-0.4, -0.2) is 31.1 Å². The topological polar surface area (TPSA) is 73.5 Å². The van der Waals surface area contributed by atoms with Crippen molar-refractivity contribution in [3.63, 3.8) is 0 Å². The maximum Gasteiger partial charge on any atom is 0.323 e. The lowest BCUT2D eigenvalue weighted by atomic mass is 10.1. The fourth-order valence-electron chi connectivity index (χ4n) is 3.61. The van der Waals surface area contributed by atoms with E-state index >= 15 is 0 Å². The van der Waals surface area contributed by atoms with E-state index in [2.05, 4.69) is 20.9 Å². The van der Waals surface area contributed by atoms with Gasteiger partial charge in [-0.1, -0.05) is 25.1 Å². The Morgan fingerprint density at radius 3 is 2.47 bits per heavy atom. The van der Waals surface area contributed by atoms with E-state index in [0.29, 0.717) is 11.3 Å². The fraction of sp³-hybridized carbons (Fsp3) is 0.417. The van der Waals surface area contributed by atoms with Crippen molar-refractivity contribution in [2.45, 2.75) is 52.5 Å². The summed E-state index contributed by atoms with van der Waals surface area (Å²) < 4.78 is 0. The van der Waals surface area contributed by atoms with Crippen molar-refractivity contribution in [3.05, 3.63) is 53.6 Å². The summed E-state index contributed by atoms with van der Waals surface area (Å²) >= 11 is 0. The number of carbonyl (C=O) groups is 2. The first-order valence-corrected chi connectivity index (χ1v) is 10.8. The molecule has 3 amide bonds. The van der Waals surface area contributed by atoms with Gasteiger partial charge in [-0.2, -0.15) is 0 Å². The monoisotopic (exact) mass is 408 g/mol. The first-order chi connectivity index (χ1) is 14.5. The third-order valence-corrected chi connectivity index (χ3v) is 5.58. The first-order valence-electron chi connectivity index (χ1n) is 10.8. The average molecular weight is 409 g/mol. The number of hydrogen-bond acceptors (Lipinski definition) is 3. The number of aryl methyl sites for hydroxylation is 1. The van der Waals surface area contributed by atoms with Gasteiger partial charge in [-0.3, -0.25) is 4.79 Å². The molecule has 3 rings (SSSR count). The van der Waals surface area contributed by atoms with Gasteiger partial charge >= 0.3 is 6.03 Å². The summed E-state index contributed by atoms with van der Waals surface area (Å²) in [6, 6.07) is 13.0. The fourth-order valence-corrected chi connectivity index (χ4v) is 3.61. The van der Waals surface area contributed by atoms with Crippen molar-refractivity contribution in [2.75, 3.05) is 28.6 Å². The lowest BCUT2D eigenvalue weighted by molar-refractivity contribution is 0.0939. The Kier molecular flexibility index (Phi) is 7.33. The van der Waals surface area contributed by atoms with E-state index in [0.717, 1.165) is 49.3 Å². The van der Waals surface area contributed by atoms with E-state index in [-0.39, 0.29) is 18.0 Å². The zero-order valence-corrected chi connectivity index (χ0v) is 18.1. The van der Waals surface area contributed by atoms with E-state index in [1.807, 2.05) is 57.2 Å². The Hall–Kier alpha value is -3.02. The zero-order valence-electron chi connectivity index (χ0n) is 18.1. The normalized spacial score (nSPS) is 14.7. The van der Waals surface area contributed by atoms with Crippen LogP contribution in [-0.2, 0) is 0 Å². The van der Waals surface area contributed by atoms with Crippen molar-refractivity contribution in [3.8, 4) is 0 Å². The summed E-state index contributed by atoms with van der Waals surface area (Å²) in [5, 5.41) is 8.79. The lowest BCUT2D eigenvalue weighted by Crippen LogP contribution is -2.35.